The fraction of sp³-hybridized carbons (Fsp3) is 1.00. The first-order valence-electron chi connectivity index (χ1n) is 5.77. The van der Waals surface area contributed by atoms with Crippen molar-refractivity contribution in [1.82, 2.24) is 4.90 Å². The van der Waals surface area contributed by atoms with Crippen molar-refractivity contribution in [2.75, 3.05) is 32.8 Å². The second-order valence-electron chi connectivity index (χ2n) is 4.39. The van der Waals surface area contributed by atoms with Gasteiger partial charge in [-0.1, -0.05) is 13.8 Å². The molecule has 1 rings (SSSR count). The summed E-state index contributed by atoms with van der Waals surface area (Å²) in [5, 5.41) is 0. The summed E-state index contributed by atoms with van der Waals surface area (Å²) in [7, 11) is 0. The number of halogens is 1. The molecule has 0 aromatic heterocycles. The van der Waals surface area contributed by atoms with E-state index in [0.29, 0.717) is 13.2 Å². The second-order valence-corrected chi connectivity index (χ2v) is 4.39. The molecule has 0 bridgehead atoms. The number of nitrogens with zero attached hydrogens (tertiary/aromatic N) is 1. The van der Waals surface area contributed by atoms with Crippen LogP contribution in [0.25, 0.3) is 0 Å². The first-order chi connectivity index (χ1) is 6.75. The van der Waals surface area contributed by atoms with Crippen LogP contribution in [0, 0.1) is 5.92 Å². The first-order valence-corrected chi connectivity index (χ1v) is 5.77. The highest BCUT2D eigenvalue weighted by Crippen LogP contribution is 2.22. The lowest BCUT2D eigenvalue weighted by Gasteiger charge is -2.27. The monoisotopic (exact) mass is 236 g/mol. The molecule has 0 aliphatic carbocycles. The number of nitrogens with two attached hydrogens (primary N) is 1. The number of rotatable bonds is 6. The van der Waals surface area contributed by atoms with Crippen LogP contribution in [0.5, 0.6) is 0 Å². The van der Waals surface area contributed by atoms with E-state index >= 15 is 0 Å². The fourth-order valence-corrected chi connectivity index (χ4v) is 2.25. The highest BCUT2D eigenvalue weighted by molar-refractivity contribution is 5.85. The van der Waals surface area contributed by atoms with E-state index in [1.54, 1.807) is 0 Å². The van der Waals surface area contributed by atoms with Crippen molar-refractivity contribution < 1.29 is 4.74 Å². The molecule has 0 aromatic rings. The third kappa shape index (κ3) is 5.16. The number of ether oxygens (including phenoxy) is 1. The lowest BCUT2D eigenvalue weighted by atomic mass is 10.0. The minimum Gasteiger partial charge on any atom is -0.379 e. The van der Waals surface area contributed by atoms with Crippen LogP contribution < -0.4 is 5.73 Å². The Labute approximate surface area is 99.7 Å². The molecule has 2 N–H and O–H groups in total. The van der Waals surface area contributed by atoms with Gasteiger partial charge in [0.25, 0.3) is 0 Å². The van der Waals surface area contributed by atoms with Crippen LogP contribution in [-0.4, -0.2) is 43.8 Å². The third-order valence-corrected chi connectivity index (χ3v) is 2.97. The highest BCUT2D eigenvalue weighted by atomic mass is 35.5. The maximum absolute atomic E-state index is 5.41. The van der Waals surface area contributed by atoms with E-state index in [-0.39, 0.29) is 12.4 Å². The lowest BCUT2D eigenvalue weighted by Crippen LogP contribution is -2.36. The Bertz CT molecular complexity index is 156. The Morgan fingerprint density at radius 3 is 2.73 bits per heavy atom. The molecule has 92 valence electrons. The topological polar surface area (TPSA) is 38.5 Å². The Hall–Kier alpha value is 0.170. The van der Waals surface area contributed by atoms with Gasteiger partial charge in [0.1, 0.15) is 0 Å². The molecule has 1 aliphatic rings. The largest absolute Gasteiger partial charge is 0.379 e. The predicted molar refractivity (Wildman–Crippen MR) is 66.6 cm³/mol. The summed E-state index contributed by atoms with van der Waals surface area (Å²) < 4.78 is 5.41. The number of likely N-dealkylation sites (tertiary alicyclic amines) is 1. The normalized spacial score (nSPS) is 22.0. The standard InChI is InChI=1S/C11H24N2O.ClH/c1-10(2)11-4-3-6-13(11)7-9-14-8-5-12;/h10-11H,3-9,12H2,1-2H3;1H. The number of hydrogen-bond donors (Lipinski definition) is 1. The van der Waals surface area contributed by atoms with Crippen molar-refractivity contribution in [2.45, 2.75) is 32.7 Å². The highest BCUT2D eigenvalue weighted by Gasteiger charge is 2.26. The van der Waals surface area contributed by atoms with Crippen molar-refractivity contribution >= 4 is 12.4 Å². The molecule has 0 saturated carbocycles. The molecule has 3 nitrogen and oxygen atoms in total. The van der Waals surface area contributed by atoms with Crippen LogP contribution in [0.15, 0.2) is 0 Å². The molecule has 0 spiro atoms. The summed E-state index contributed by atoms with van der Waals surface area (Å²) in [6.45, 7) is 9.10. The summed E-state index contributed by atoms with van der Waals surface area (Å²) in [4.78, 5) is 2.56. The van der Waals surface area contributed by atoms with Crippen molar-refractivity contribution in [1.29, 1.82) is 0 Å². The van der Waals surface area contributed by atoms with E-state index < -0.39 is 0 Å². The van der Waals surface area contributed by atoms with Gasteiger partial charge >= 0.3 is 0 Å². The summed E-state index contributed by atoms with van der Waals surface area (Å²) in [5.41, 5.74) is 5.36. The molecular formula is C11H25ClN2O. The Balaban J connectivity index is 0.00000196. The third-order valence-electron chi connectivity index (χ3n) is 2.97. The van der Waals surface area contributed by atoms with Gasteiger partial charge in [-0.05, 0) is 25.3 Å². The average Bonchev–Trinajstić information content (AvgIpc) is 2.60. The summed E-state index contributed by atoms with van der Waals surface area (Å²) in [6.07, 6.45) is 2.70. The lowest BCUT2D eigenvalue weighted by molar-refractivity contribution is 0.0961. The molecule has 1 aliphatic heterocycles. The SMILES string of the molecule is CC(C)C1CCCN1CCOCCN.Cl. The smallest absolute Gasteiger partial charge is 0.0594 e. The molecular weight excluding hydrogens is 212 g/mol. The van der Waals surface area contributed by atoms with Gasteiger partial charge < -0.3 is 10.5 Å². The quantitative estimate of drug-likeness (QED) is 0.711. The minimum absolute atomic E-state index is 0. The van der Waals surface area contributed by atoms with E-state index in [0.717, 1.165) is 25.1 Å². The zero-order valence-corrected chi connectivity index (χ0v) is 10.8. The molecule has 1 saturated heterocycles. The van der Waals surface area contributed by atoms with Gasteiger partial charge in [0.2, 0.25) is 0 Å². The second kappa shape index (κ2) is 8.34. The maximum atomic E-state index is 5.41. The molecule has 0 radical (unpaired) electrons. The van der Waals surface area contributed by atoms with Crippen molar-refractivity contribution in [3.8, 4) is 0 Å². The summed E-state index contributed by atoms with van der Waals surface area (Å²) in [6, 6.07) is 0.775. The van der Waals surface area contributed by atoms with Crippen LogP contribution in [0.1, 0.15) is 26.7 Å². The van der Waals surface area contributed by atoms with E-state index in [9.17, 15) is 0 Å². The molecule has 15 heavy (non-hydrogen) atoms. The van der Waals surface area contributed by atoms with Crippen molar-refractivity contribution in [2.24, 2.45) is 11.7 Å². The molecule has 1 heterocycles. The van der Waals surface area contributed by atoms with Gasteiger partial charge in [-0.25, -0.2) is 0 Å². The van der Waals surface area contributed by atoms with Crippen molar-refractivity contribution in [3.63, 3.8) is 0 Å². The summed E-state index contributed by atoms with van der Waals surface area (Å²) in [5.74, 6) is 0.770. The Kier molecular flexibility index (Phi) is 8.43. The van der Waals surface area contributed by atoms with Crippen LogP contribution >= 0.6 is 12.4 Å². The molecule has 1 fully saturated rings. The molecule has 4 heteroatoms. The van der Waals surface area contributed by atoms with E-state index in [2.05, 4.69) is 18.7 Å². The number of hydrogen-bond acceptors (Lipinski definition) is 3. The molecule has 1 atom stereocenters. The Morgan fingerprint density at radius 1 is 1.40 bits per heavy atom. The van der Waals surface area contributed by atoms with E-state index in [4.69, 9.17) is 10.5 Å². The first kappa shape index (κ1) is 15.2. The molecule has 0 aromatic carbocycles. The zero-order chi connectivity index (χ0) is 10.4. The fourth-order valence-electron chi connectivity index (χ4n) is 2.25. The summed E-state index contributed by atoms with van der Waals surface area (Å²) >= 11 is 0. The van der Waals surface area contributed by atoms with Crippen molar-refractivity contribution in [3.05, 3.63) is 0 Å². The van der Waals surface area contributed by atoms with Gasteiger partial charge in [-0.15, -0.1) is 12.4 Å². The van der Waals surface area contributed by atoms with Gasteiger partial charge in [0.05, 0.1) is 13.2 Å². The van der Waals surface area contributed by atoms with Gasteiger partial charge in [-0.2, -0.15) is 0 Å². The van der Waals surface area contributed by atoms with Crippen LogP contribution in [0.2, 0.25) is 0 Å². The van der Waals surface area contributed by atoms with Crippen LogP contribution in [0.3, 0.4) is 0 Å². The zero-order valence-electron chi connectivity index (χ0n) is 9.95. The molecule has 0 amide bonds. The average molecular weight is 237 g/mol. The van der Waals surface area contributed by atoms with Gasteiger partial charge in [0.15, 0.2) is 0 Å². The van der Waals surface area contributed by atoms with Crippen LogP contribution in [-0.2, 0) is 4.74 Å². The molecule has 1 unspecified atom stereocenters. The van der Waals surface area contributed by atoms with E-state index in [1.165, 1.54) is 19.4 Å². The van der Waals surface area contributed by atoms with E-state index in [1.807, 2.05) is 0 Å². The maximum Gasteiger partial charge on any atom is 0.0594 e. The van der Waals surface area contributed by atoms with Gasteiger partial charge in [0, 0.05) is 19.1 Å². The predicted octanol–water partition coefficient (Wildman–Crippen LogP) is 1.50. The van der Waals surface area contributed by atoms with Crippen LogP contribution in [0.4, 0.5) is 0 Å². The minimum atomic E-state index is 0. The Morgan fingerprint density at radius 2 is 2.13 bits per heavy atom. The van der Waals surface area contributed by atoms with Gasteiger partial charge in [-0.3, -0.25) is 4.90 Å².